The Balaban J connectivity index is 0.000000151. The van der Waals surface area contributed by atoms with Crippen LogP contribution in [0, 0.1) is 0 Å². The molecule has 1 aliphatic heterocycles. The molecule has 4 rings (SSSR count). The monoisotopic (exact) mass is 357 g/mol. The number of H-pyrrole nitrogens is 1. The van der Waals surface area contributed by atoms with Crippen LogP contribution in [0.2, 0.25) is 0 Å². The molecule has 1 aromatic carbocycles. The van der Waals surface area contributed by atoms with Crippen molar-refractivity contribution in [2.45, 2.75) is 19.1 Å². The minimum absolute atomic E-state index is 0.218. The van der Waals surface area contributed by atoms with Crippen molar-refractivity contribution >= 4 is 11.2 Å². The van der Waals surface area contributed by atoms with Crippen LogP contribution in [0.5, 0.6) is 0 Å². The number of benzene rings is 1. The van der Waals surface area contributed by atoms with Gasteiger partial charge in [-0.3, -0.25) is 13.9 Å². The van der Waals surface area contributed by atoms with E-state index in [0.29, 0.717) is 17.2 Å². The standard InChI is InChI=1S/C11H15NO.C7H8N4O2/c1-9-11(13-8-7-12-9)10-5-3-2-4-6-10;1-10-5-4(8-3-9-5)6(12)11(2)7(10)13/h2-6,9,11-12H,7-8H2,1H3;3H,1-2H3,(H,8,9). The Morgan fingerprint density at radius 2 is 1.88 bits per heavy atom. The first-order valence-electron chi connectivity index (χ1n) is 8.49. The molecule has 138 valence electrons. The average molecular weight is 357 g/mol. The van der Waals surface area contributed by atoms with Crippen LogP contribution in [0.15, 0.2) is 46.2 Å². The molecule has 0 amide bonds. The highest BCUT2D eigenvalue weighted by Crippen LogP contribution is 2.22. The molecule has 0 spiro atoms. The van der Waals surface area contributed by atoms with Gasteiger partial charge in [0.1, 0.15) is 5.52 Å². The Labute approximate surface area is 150 Å². The summed E-state index contributed by atoms with van der Waals surface area (Å²) in [5.74, 6) is 0. The van der Waals surface area contributed by atoms with Gasteiger partial charge in [-0.25, -0.2) is 9.78 Å². The van der Waals surface area contributed by atoms with E-state index in [-0.39, 0.29) is 17.4 Å². The van der Waals surface area contributed by atoms with Crippen molar-refractivity contribution in [3.05, 3.63) is 63.1 Å². The third-order valence-electron chi connectivity index (χ3n) is 4.48. The Kier molecular flexibility index (Phi) is 5.34. The summed E-state index contributed by atoms with van der Waals surface area (Å²) in [4.78, 5) is 29.4. The molecule has 0 radical (unpaired) electrons. The van der Waals surface area contributed by atoms with Gasteiger partial charge in [-0.1, -0.05) is 30.3 Å². The van der Waals surface area contributed by atoms with E-state index in [4.69, 9.17) is 4.74 Å². The van der Waals surface area contributed by atoms with Crippen molar-refractivity contribution in [3.63, 3.8) is 0 Å². The number of hydrogen-bond donors (Lipinski definition) is 2. The van der Waals surface area contributed by atoms with Gasteiger partial charge in [-0.05, 0) is 12.5 Å². The van der Waals surface area contributed by atoms with E-state index in [1.165, 1.54) is 23.5 Å². The van der Waals surface area contributed by atoms with Gasteiger partial charge in [0, 0.05) is 26.7 Å². The highest BCUT2D eigenvalue weighted by Gasteiger charge is 2.22. The molecule has 2 aromatic heterocycles. The van der Waals surface area contributed by atoms with Gasteiger partial charge < -0.3 is 15.0 Å². The Bertz CT molecular complexity index is 989. The summed E-state index contributed by atoms with van der Waals surface area (Å²) in [7, 11) is 3.01. The molecule has 0 bridgehead atoms. The molecule has 1 aliphatic rings. The predicted molar refractivity (Wildman–Crippen MR) is 99.2 cm³/mol. The normalized spacial score (nSPS) is 19.8. The molecule has 0 saturated carbocycles. The maximum Gasteiger partial charge on any atom is 0.332 e. The molecule has 1 fully saturated rings. The summed E-state index contributed by atoms with van der Waals surface area (Å²) in [6, 6.07) is 10.8. The van der Waals surface area contributed by atoms with E-state index in [1.54, 1.807) is 7.05 Å². The fraction of sp³-hybridized carbons (Fsp3) is 0.389. The molecular weight excluding hydrogens is 334 g/mol. The molecule has 8 heteroatoms. The van der Waals surface area contributed by atoms with Gasteiger partial charge in [0.2, 0.25) is 0 Å². The predicted octanol–water partition coefficient (Wildman–Crippen LogP) is 0.696. The number of hydrogen-bond acceptors (Lipinski definition) is 5. The summed E-state index contributed by atoms with van der Waals surface area (Å²) in [5.41, 5.74) is 1.28. The van der Waals surface area contributed by atoms with Crippen LogP contribution in [-0.4, -0.2) is 38.3 Å². The zero-order valence-electron chi connectivity index (χ0n) is 15.1. The van der Waals surface area contributed by atoms with Crippen molar-refractivity contribution in [1.29, 1.82) is 0 Å². The lowest BCUT2D eigenvalue weighted by Crippen LogP contribution is -2.41. The lowest BCUT2D eigenvalue weighted by molar-refractivity contribution is -0.000221. The number of rotatable bonds is 1. The molecule has 2 unspecified atom stereocenters. The van der Waals surface area contributed by atoms with Crippen molar-refractivity contribution in [1.82, 2.24) is 24.4 Å². The first-order valence-corrected chi connectivity index (χ1v) is 8.49. The Hall–Kier alpha value is -2.71. The SMILES string of the molecule is CC1NCCOC1c1ccccc1.Cn1c(=O)c2[nH]cnc2n(C)c1=O. The zero-order chi connectivity index (χ0) is 18.7. The van der Waals surface area contributed by atoms with Crippen LogP contribution >= 0.6 is 0 Å². The maximum atomic E-state index is 11.4. The summed E-state index contributed by atoms with van der Waals surface area (Å²) in [6.45, 7) is 3.94. The topological polar surface area (TPSA) is 93.9 Å². The largest absolute Gasteiger partial charge is 0.371 e. The molecule has 0 aliphatic carbocycles. The lowest BCUT2D eigenvalue weighted by atomic mass is 10.0. The molecular formula is C18H23N5O3. The number of aryl methyl sites for hydroxylation is 1. The number of ether oxygens (including phenoxy) is 1. The molecule has 3 heterocycles. The number of morpholine rings is 1. The number of nitrogens with zero attached hydrogens (tertiary/aromatic N) is 3. The summed E-state index contributed by atoms with van der Waals surface area (Å²) < 4.78 is 8.08. The van der Waals surface area contributed by atoms with Crippen LogP contribution in [-0.2, 0) is 18.8 Å². The maximum absolute atomic E-state index is 11.4. The minimum atomic E-state index is -0.371. The summed E-state index contributed by atoms with van der Waals surface area (Å²) in [6.07, 6.45) is 1.61. The van der Waals surface area contributed by atoms with Crippen LogP contribution in [0.4, 0.5) is 0 Å². The van der Waals surface area contributed by atoms with Gasteiger partial charge in [0.15, 0.2) is 5.65 Å². The van der Waals surface area contributed by atoms with E-state index in [2.05, 4.69) is 46.5 Å². The number of nitrogens with one attached hydrogen (secondary N) is 2. The van der Waals surface area contributed by atoms with E-state index < -0.39 is 0 Å². The molecule has 8 nitrogen and oxygen atoms in total. The molecule has 2 N–H and O–H groups in total. The molecule has 26 heavy (non-hydrogen) atoms. The van der Waals surface area contributed by atoms with Crippen LogP contribution in [0.3, 0.4) is 0 Å². The number of aromatic amines is 1. The van der Waals surface area contributed by atoms with Crippen molar-refractivity contribution in [2.75, 3.05) is 13.2 Å². The highest BCUT2D eigenvalue weighted by molar-refractivity contribution is 5.68. The van der Waals surface area contributed by atoms with E-state index in [9.17, 15) is 9.59 Å². The average Bonchev–Trinajstić information content (AvgIpc) is 3.16. The quantitative estimate of drug-likeness (QED) is 0.669. The van der Waals surface area contributed by atoms with E-state index in [1.807, 2.05) is 6.07 Å². The first kappa shape index (κ1) is 18.1. The zero-order valence-corrected chi connectivity index (χ0v) is 15.1. The lowest BCUT2D eigenvalue weighted by Gasteiger charge is -2.30. The minimum Gasteiger partial charge on any atom is -0.371 e. The number of imidazole rings is 1. The number of aromatic nitrogens is 4. The van der Waals surface area contributed by atoms with E-state index >= 15 is 0 Å². The third-order valence-corrected chi connectivity index (χ3v) is 4.48. The van der Waals surface area contributed by atoms with E-state index in [0.717, 1.165) is 17.7 Å². The second-order valence-electron chi connectivity index (χ2n) is 6.25. The fourth-order valence-corrected chi connectivity index (χ4v) is 3.02. The van der Waals surface area contributed by atoms with Crippen molar-refractivity contribution < 1.29 is 4.74 Å². The van der Waals surface area contributed by atoms with Crippen LogP contribution in [0.1, 0.15) is 18.6 Å². The highest BCUT2D eigenvalue weighted by atomic mass is 16.5. The van der Waals surface area contributed by atoms with Gasteiger partial charge in [-0.2, -0.15) is 0 Å². The van der Waals surface area contributed by atoms with Crippen LogP contribution < -0.4 is 16.6 Å². The Morgan fingerprint density at radius 1 is 1.15 bits per heavy atom. The Morgan fingerprint density at radius 3 is 2.58 bits per heavy atom. The second kappa shape index (κ2) is 7.67. The molecule has 2 atom stereocenters. The number of fused-ring (bicyclic) bond motifs is 1. The van der Waals surface area contributed by atoms with Gasteiger partial charge in [0.05, 0.1) is 19.0 Å². The fourth-order valence-electron chi connectivity index (χ4n) is 3.02. The van der Waals surface area contributed by atoms with Gasteiger partial charge in [-0.15, -0.1) is 0 Å². The van der Waals surface area contributed by atoms with Crippen LogP contribution in [0.25, 0.3) is 11.2 Å². The smallest absolute Gasteiger partial charge is 0.332 e. The third kappa shape index (κ3) is 3.47. The molecule has 1 saturated heterocycles. The molecule has 3 aromatic rings. The van der Waals surface area contributed by atoms with Gasteiger partial charge >= 0.3 is 5.69 Å². The van der Waals surface area contributed by atoms with Crippen molar-refractivity contribution in [3.8, 4) is 0 Å². The summed E-state index contributed by atoms with van der Waals surface area (Å²) in [5, 5.41) is 3.41. The second-order valence-corrected chi connectivity index (χ2v) is 6.25. The van der Waals surface area contributed by atoms with Crippen molar-refractivity contribution in [2.24, 2.45) is 14.1 Å². The van der Waals surface area contributed by atoms with Gasteiger partial charge in [0.25, 0.3) is 5.56 Å². The first-order chi connectivity index (χ1) is 12.5. The summed E-state index contributed by atoms with van der Waals surface area (Å²) >= 11 is 0.